The lowest BCUT2D eigenvalue weighted by Gasteiger charge is -2.27. The van der Waals surface area contributed by atoms with Crippen molar-refractivity contribution < 1.29 is 14.3 Å². The summed E-state index contributed by atoms with van der Waals surface area (Å²) < 4.78 is 8.18. The fourth-order valence-corrected chi connectivity index (χ4v) is 5.55. The van der Waals surface area contributed by atoms with Crippen LogP contribution in [0.3, 0.4) is 0 Å². The van der Waals surface area contributed by atoms with Gasteiger partial charge >= 0.3 is 0 Å². The van der Waals surface area contributed by atoms with E-state index in [2.05, 4.69) is 25.0 Å². The van der Waals surface area contributed by atoms with Crippen LogP contribution >= 0.6 is 0 Å². The van der Waals surface area contributed by atoms with E-state index in [0.717, 1.165) is 55.5 Å². The molecule has 0 N–H and O–H groups in total. The summed E-state index contributed by atoms with van der Waals surface area (Å²) in [6, 6.07) is 11.6. The van der Waals surface area contributed by atoms with Crippen molar-refractivity contribution in [3.63, 3.8) is 0 Å². The van der Waals surface area contributed by atoms with E-state index in [1.54, 1.807) is 28.7 Å². The van der Waals surface area contributed by atoms with Gasteiger partial charge in [0.2, 0.25) is 5.91 Å². The molecular formula is C28H32N8O3. The number of carbonyl (C=O) groups is 2. The number of hydrogen-bond donors (Lipinski definition) is 0. The van der Waals surface area contributed by atoms with E-state index in [1.165, 1.54) is 6.33 Å². The van der Waals surface area contributed by atoms with Crippen LogP contribution in [0, 0.1) is 0 Å². The van der Waals surface area contributed by atoms with Gasteiger partial charge in [-0.05, 0) is 43.9 Å². The first-order chi connectivity index (χ1) is 19.1. The van der Waals surface area contributed by atoms with Crippen LogP contribution in [0.15, 0.2) is 48.9 Å². The third kappa shape index (κ3) is 5.08. The third-order valence-corrected chi connectivity index (χ3v) is 7.60. The van der Waals surface area contributed by atoms with Crippen LogP contribution in [0.2, 0.25) is 0 Å². The number of amides is 2. The summed E-state index contributed by atoms with van der Waals surface area (Å²) in [6.45, 7) is 3.38. The van der Waals surface area contributed by atoms with Gasteiger partial charge in [-0.25, -0.2) is 9.97 Å². The van der Waals surface area contributed by atoms with Crippen LogP contribution in [0.25, 0.3) is 16.7 Å². The Morgan fingerprint density at radius 1 is 1.15 bits per heavy atom. The number of pyridine rings is 1. The van der Waals surface area contributed by atoms with E-state index in [9.17, 15) is 9.59 Å². The Kier molecular flexibility index (Phi) is 6.95. The second-order valence-corrected chi connectivity index (χ2v) is 10.2. The zero-order valence-electron chi connectivity index (χ0n) is 22.1. The van der Waals surface area contributed by atoms with Gasteiger partial charge in [0, 0.05) is 57.3 Å². The van der Waals surface area contributed by atoms with Crippen LogP contribution < -0.4 is 9.64 Å². The van der Waals surface area contributed by atoms with Crippen molar-refractivity contribution in [2.24, 2.45) is 0 Å². The highest BCUT2D eigenvalue weighted by molar-refractivity contribution is 5.97. The number of anilines is 1. The van der Waals surface area contributed by atoms with Crippen LogP contribution in [-0.4, -0.2) is 92.1 Å². The van der Waals surface area contributed by atoms with Gasteiger partial charge in [0.05, 0.1) is 11.6 Å². The van der Waals surface area contributed by atoms with E-state index in [4.69, 9.17) is 4.74 Å². The molecule has 1 atom stereocenters. The highest BCUT2D eigenvalue weighted by Crippen LogP contribution is 2.29. The fraction of sp³-hybridized carbons (Fsp3) is 0.429. The van der Waals surface area contributed by atoms with Crippen molar-refractivity contribution >= 4 is 34.3 Å². The Labute approximate surface area is 226 Å². The van der Waals surface area contributed by atoms with Crippen molar-refractivity contribution in [2.45, 2.75) is 38.1 Å². The summed E-state index contributed by atoms with van der Waals surface area (Å²) in [6.07, 6.45) is 7.57. The van der Waals surface area contributed by atoms with Gasteiger partial charge in [-0.15, -0.1) is 0 Å². The summed E-state index contributed by atoms with van der Waals surface area (Å²) in [5, 5.41) is 5.21. The van der Waals surface area contributed by atoms with Crippen LogP contribution in [0.5, 0.6) is 5.75 Å². The molecule has 6 rings (SSSR count). The Bertz CT molecular complexity index is 1500. The van der Waals surface area contributed by atoms with Gasteiger partial charge in [-0.2, -0.15) is 14.6 Å². The molecule has 0 bridgehead atoms. The Balaban J connectivity index is 1.17. The molecule has 3 aromatic heterocycles. The first-order valence-corrected chi connectivity index (χ1v) is 13.6. The fourth-order valence-electron chi connectivity index (χ4n) is 5.55. The Hall–Kier alpha value is -4.28. The van der Waals surface area contributed by atoms with Crippen LogP contribution in [0.4, 0.5) is 5.82 Å². The smallest absolute Gasteiger partial charge is 0.272 e. The SMILES string of the molecule is CN(CCCN1CCCC1=O)C(=O)c1cc(OC[C@H]2CCCN2c2ccnc3ncnn23)c2ccccc2n1. The zero-order chi connectivity index (χ0) is 26.8. The second-order valence-electron chi connectivity index (χ2n) is 10.2. The molecule has 0 unspecified atom stereocenters. The summed E-state index contributed by atoms with van der Waals surface area (Å²) in [4.78, 5) is 44.2. The zero-order valence-corrected chi connectivity index (χ0v) is 22.1. The minimum atomic E-state index is -0.161. The summed E-state index contributed by atoms with van der Waals surface area (Å²) in [5.74, 6) is 2.20. The molecule has 0 aliphatic carbocycles. The summed E-state index contributed by atoms with van der Waals surface area (Å²) in [5.41, 5.74) is 1.07. The standard InChI is InChI=1S/C28H32N8O3/c1-33(13-6-15-34-14-5-10-26(34)37)27(38)23-17-24(21-8-2-3-9-22(21)32-23)39-18-20-7-4-16-35(20)25-11-12-29-28-30-19-31-36(25)28/h2-3,8-9,11-12,17,19-20H,4-7,10,13-16,18H2,1H3/t20-/m1/s1. The number of ether oxygens (including phenoxy) is 1. The van der Waals surface area contributed by atoms with E-state index < -0.39 is 0 Å². The van der Waals surface area contributed by atoms with E-state index >= 15 is 0 Å². The van der Waals surface area contributed by atoms with Gasteiger partial charge in [-0.1, -0.05) is 12.1 Å². The molecule has 2 aliphatic rings. The lowest BCUT2D eigenvalue weighted by molar-refractivity contribution is -0.127. The third-order valence-electron chi connectivity index (χ3n) is 7.60. The molecule has 39 heavy (non-hydrogen) atoms. The van der Waals surface area contributed by atoms with Crippen molar-refractivity contribution in [2.75, 3.05) is 44.7 Å². The monoisotopic (exact) mass is 528 g/mol. The normalized spacial score (nSPS) is 17.5. The average Bonchev–Trinajstić information content (AvgIpc) is 3.72. The molecule has 11 heteroatoms. The maximum Gasteiger partial charge on any atom is 0.272 e. The number of nitrogens with zero attached hydrogens (tertiary/aromatic N) is 8. The largest absolute Gasteiger partial charge is 0.491 e. The lowest BCUT2D eigenvalue weighted by atomic mass is 10.1. The molecule has 202 valence electrons. The van der Waals surface area contributed by atoms with Crippen molar-refractivity contribution in [1.82, 2.24) is 34.4 Å². The average molecular weight is 529 g/mol. The lowest BCUT2D eigenvalue weighted by Crippen LogP contribution is -2.35. The summed E-state index contributed by atoms with van der Waals surface area (Å²) in [7, 11) is 1.78. The first-order valence-electron chi connectivity index (χ1n) is 13.6. The number of fused-ring (bicyclic) bond motifs is 2. The molecule has 2 aliphatic heterocycles. The number of aromatic nitrogens is 5. The van der Waals surface area contributed by atoms with Gasteiger partial charge in [0.25, 0.3) is 11.7 Å². The number of carbonyl (C=O) groups excluding carboxylic acids is 2. The molecule has 4 aromatic rings. The van der Waals surface area contributed by atoms with Crippen LogP contribution in [0.1, 0.15) is 42.6 Å². The Morgan fingerprint density at radius 2 is 2.05 bits per heavy atom. The highest BCUT2D eigenvalue weighted by atomic mass is 16.5. The summed E-state index contributed by atoms with van der Waals surface area (Å²) >= 11 is 0. The highest BCUT2D eigenvalue weighted by Gasteiger charge is 2.28. The number of rotatable bonds is 9. The molecule has 0 saturated carbocycles. The van der Waals surface area contributed by atoms with Gasteiger partial charge < -0.3 is 19.4 Å². The van der Waals surface area contributed by atoms with E-state index in [0.29, 0.717) is 43.3 Å². The molecule has 5 heterocycles. The molecule has 2 fully saturated rings. The van der Waals surface area contributed by atoms with Gasteiger partial charge in [-0.3, -0.25) is 9.59 Å². The number of para-hydroxylation sites is 1. The predicted molar refractivity (Wildman–Crippen MR) is 146 cm³/mol. The topological polar surface area (TPSA) is 109 Å². The quantitative estimate of drug-likeness (QED) is 0.326. The minimum absolute atomic E-state index is 0.141. The predicted octanol–water partition coefficient (Wildman–Crippen LogP) is 2.80. The minimum Gasteiger partial charge on any atom is -0.491 e. The van der Waals surface area contributed by atoms with Gasteiger partial charge in [0.15, 0.2) is 0 Å². The van der Waals surface area contributed by atoms with Crippen LogP contribution in [-0.2, 0) is 4.79 Å². The molecule has 0 spiro atoms. The van der Waals surface area contributed by atoms with Crippen molar-refractivity contribution in [3.05, 3.63) is 54.6 Å². The van der Waals surface area contributed by atoms with Gasteiger partial charge in [0.1, 0.15) is 30.2 Å². The Morgan fingerprint density at radius 3 is 2.92 bits per heavy atom. The van der Waals surface area contributed by atoms with Crippen molar-refractivity contribution in [1.29, 1.82) is 0 Å². The molecule has 11 nitrogen and oxygen atoms in total. The number of likely N-dealkylation sites (tertiary alicyclic amines) is 1. The molecule has 2 amide bonds. The van der Waals surface area contributed by atoms with Crippen molar-refractivity contribution in [3.8, 4) is 5.75 Å². The second kappa shape index (κ2) is 10.8. The molecule has 1 aromatic carbocycles. The molecule has 0 radical (unpaired) electrons. The maximum atomic E-state index is 13.3. The van der Waals surface area contributed by atoms with E-state index in [1.807, 2.05) is 35.2 Å². The number of benzene rings is 1. The number of hydrogen-bond acceptors (Lipinski definition) is 8. The maximum absolute atomic E-state index is 13.3. The first kappa shape index (κ1) is 25.0. The molecular weight excluding hydrogens is 496 g/mol. The molecule has 2 saturated heterocycles. The van der Waals surface area contributed by atoms with E-state index in [-0.39, 0.29) is 17.9 Å².